The van der Waals surface area contributed by atoms with Gasteiger partial charge in [0, 0.05) is 5.56 Å². The molecule has 1 N–H and O–H groups in total. The standard InChI is InChI=1S/C14H18N2O3/c1-5-19-10-6-11-9(2)8-14(3,4)15-13(11)12(7-10)16(17)18/h6-8,15H,5H2,1-4H3. The molecule has 5 nitrogen and oxygen atoms in total. The highest BCUT2D eigenvalue weighted by Crippen LogP contribution is 2.42. The van der Waals surface area contributed by atoms with E-state index in [4.69, 9.17) is 4.74 Å². The lowest BCUT2D eigenvalue weighted by Gasteiger charge is -2.31. The average molecular weight is 262 g/mol. The molecule has 5 heteroatoms. The van der Waals surface area contributed by atoms with E-state index in [1.54, 1.807) is 0 Å². The molecule has 0 atom stereocenters. The summed E-state index contributed by atoms with van der Waals surface area (Å²) in [5.41, 5.74) is 2.18. The zero-order chi connectivity index (χ0) is 14.2. The number of nitrogens with one attached hydrogen (secondary N) is 1. The van der Waals surface area contributed by atoms with E-state index in [0.29, 0.717) is 18.0 Å². The van der Waals surface area contributed by atoms with Crippen molar-refractivity contribution in [2.24, 2.45) is 0 Å². The second kappa shape index (κ2) is 4.57. The number of benzene rings is 1. The largest absolute Gasteiger partial charge is 0.494 e. The van der Waals surface area contributed by atoms with Crippen molar-refractivity contribution in [2.45, 2.75) is 33.2 Å². The predicted octanol–water partition coefficient (Wildman–Crippen LogP) is 3.60. The van der Waals surface area contributed by atoms with Gasteiger partial charge in [0.25, 0.3) is 5.69 Å². The fraction of sp³-hybridized carbons (Fsp3) is 0.429. The van der Waals surface area contributed by atoms with Crippen LogP contribution in [0, 0.1) is 10.1 Å². The Morgan fingerprint density at radius 3 is 2.68 bits per heavy atom. The summed E-state index contributed by atoms with van der Waals surface area (Å²) in [5.74, 6) is 0.530. The monoisotopic (exact) mass is 262 g/mol. The van der Waals surface area contributed by atoms with Gasteiger partial charge in [-0.05, 0) is 39.3 Å². The topological polar surface area (TPSA) is 64.4 Å². The Bertz CT molecular complexity index is 562. The van der Waals surface area contributed by atoms with Crippen molar-refractivity contribution >= 4 is 16.9 Å². The molecule has 1 aromatic carbocycles. The van der Waals surface area contributed by atoms with Gasteiger partial charge in [0.15, 0.2) is 0 Å². The molecule has 0 spiro atoms. The molecular weight excluding hydrogens is 244 g/mol. The molecule has 0 saturated carbocycles. The molecule has 102 valence electrons. The Kier molecular flexibility index (Phi) is 3.22. The van der Waals surface area contributed by atoms with E-state index < -0.39 is 0 Å². The summed E-state index contributed by atoms with van der Waals surface area (Å²) < 4.78 is 5.40. The molecule has 2 rings (SSSR count). The Balaban J connectivity index is 2.64. The van der Waals surface area contributed by atoms with Crippen molar-refractivity contribution in [3.05, 3.63) is 33.9 Å². The minimum atomic E-state index is -0.372. The molecule has 0 aromatic heterocycles. The molecule has 19 heavy (non-hydrogen) atoms. The fourth-order valence-corrected chi connectivity index (χ4v) is 2.41. The van der Waals surface area contributed by atoms with Crippen LogP contribution in [0.2, 0.25) is 0 Å². The normalized spacial score (nSPS) is 16.1. The van der Waals surface area contributed by atoms with Crippen LogP contribution in [0.4, 0.5) is 11.4 Å². The van der Waals surface area contributed by atoms with Crippen LogP contribution < -0.4 is 10.1 Å². The Morgan fingerprint density at radius 1 is 1.42 bits per heavy atom. The van der Waals surface area contributed by atoms with E-state index in [1.807, 2.05) is 33.8 Å². The zero-order valence-corrected chi connectivity index (χ0v) is 11.6. The number of rotatable bonds is 3. The van der Waals surface area contributed by atoms with Crippen LogP contribution >= 0.6 is 0 Å². The van der Waals surface area contributed by atoms with Gasteiger partial charge >= 0.3 is 0 Å². The summed E-state index contributed by atoms with van der Waals surface area (Å²) in [6, 6.07) is 3.32. The van der Waals surface area contributed by atoms with Crippen molar-refractivity contribution in [3.63, 3.8) is 0 Å². The highest BCUT2D eigenvalue weighted by molar-refractivity contribution is 5.86. The molecular formula is C14H18N2O3. The second-order valence-electron chi connectivity index (χ2n) is 5.23. The van der Waals surface area contributed by atoms with Crippen LogP contribution in [-0.2, 0) is 0 Å². The number of hydrogen-bond donors (Lipinski definition) is 1. The van der Waals surface area contributed by atoms with E-state index >= 15 is 0 Å². The molecule has 0 saturated heterocycles. The average Bonchev–Trinajstić information content (AvgIpc) is 2.28. The molecule has 1 aliphatic rings. The number of allylic oxidation sites excluding steroid dienone is 1. The maximum atomic E-state index is 11.2. The van der Waals surface area contributed by atoms with Crippen molar-refractivity contribution in [1.29, 1.82) is 0 Å². The molecule has 0 bridgehead atoms. The minimum Gasteiger partial charge on any atom is -0.494 e. The second-order valence-corrected chi connectivity index (χ2v) is 5.23. The van der Waals surface area contributed by atoms with Crippen LogP contribution in [0.3, 0.4) is 0 Å². The smallest absolute Gasteiger partial charge is 0.296 e. The molecule has 0 fully saturated rings. The third kappa shape index (κ3) is 2.54. The maximum Gasteiger partial charge on any atom is 0.296 e. The van der Waals surface area contributed by atoms with Gasteiger partial charge in [-0.2, -0.15) is 0 Å². The number of anilines is 1. The molecule has 0 radical (unpaired) electrons. The third-order valence-corrected chi connectivity index (χ3v) is 3.05. The third-order valence-electron chi connectivity index (χ3n) is 3.05. The summed E-state index contributed by atoms with van der Waals surface area (Å²) >= 11 is 0. The van der Waals surface area contributed by atoms with Gasteiger partial charge in [0.2, 0.25) is 0 Å². The molecule has 1 aromatic rings. The van der Waals surface area contributed by atoms with Crippen molar-refractivity contribution in [1.82, 2.24) is 0 Å². The SMILES string of the molecule is CCOc1cc2c(c([N+](=O)[O-])c1)NC(C)(C)C=C2C. The molecule has 0 amide bonds. The number of fused-ring (bicyclic) bond motifs is 1. The molecule has 1 aliphatic heterocycles. The van der Waals surface area contributed by atoms with Gasteiger partial charge in [0.05, 0.1) is 23.1 Å². The predicted molar refractivity (Wildman–Crippen MR) is 75.6 cm³/mol. The summed E-state index contributed by atoms with van der Waals surface area (Å²) in [7, 11) is 0. The number of ether oxygens (including phenoxy) is 1. The first-order chi connectivity index (χ1) is 8.84. The number of hydrogen-bond acceptors (Lipinski definition) is 4. The van der Waals surface area contributed by atoms with Gasteiger partial charge < -0.3 is 10.1 Å². The first-order valence-corrected chi connectivity index (χ1v) is 6.27. The summed E-state index contributed by atoms with van der Waals surface area (Å²) in [4.78, 5) is 10.9. The van der Waals surface area contributed by atoms with Crippen LogP contribution in [0.15, 0.2) is 18.2 Å². The van der Waals surface area contributed by atoms with E-state index in [2.05, 4.69) is 11.4 Å². The minimum absolute atomic E-state index is 0.0569. The quantitative estimate of drug-likeness (QED) is 0.667. The number of nitro groups is 1. The summed E-state index contributed by atoms with van der Waals surface area (Å²) in [5, 5.41) is 14.4. The van der Waals surface area contributed by atoms with Gasteiger partial charge in [-0.3, -0.25) is 10.1 Å². The van der Waals surface area contributed by atoms with Crippen LogP contribution in [0.5, 0.6) is 5.75 Å². The lowest BCUT2D eigenvalue weighted by atomic mass is 9.90. The Labute approximate surface area is 112 Å². The van der Waals surface area contributed by atoms with E-state index in [0.717, 1.165) is 11.1 Å². The number of nitrogens with zero attached hydrogens (tertiary/aromatic N) is 1. The van der Waals surface area contributed by atoms with Crippen molar-refractivity contribution in [2.75, 3.05) is 11.9 Å². The molecule has 0 aliphatic carbocycles. The lowest BCUT2D eigenvalue weighted by molar-refractivity contribution is -0.384. The van der Waals surface area contributed by atoms with Gasteiger partial charge in [-0.1, -0.05) is 6.08 Å². The first-order valence-electron chi connectivity index (χ1n) is 6.27. The van der Waals surface area contributed by atoms with Gasteiger partial charge in [0.1, 0.15) is 11.4 Å². The number of nitro benzene ring substituents is 1. The summed E-state index contributed by atoms with van der Waals surface area (Å²) in [6.07, 6.45) is 2.06. The zero-order valence-electron chi connectivity index (χ0n) is 11.6. The van der Waals surface area contributed by atoms with Gasteiger partial charge in [-0.25, -0.2) is 0 Å². The highest BCUT2D eigenvalue weighted by Gasteiger charge is 2.29. The first kappa shape index (κ1) is 13.4. The fourth-order valence-electron chi connectivity index (χ4n) is 2.41. The van der Waals surface area contributed by atoms with E-state index in [9.17, 15) is 10.1 Å². The van der Waals surface area contributed by atoms with E-state index in [1.165, 1.54) is 6.07 Å². The van der Waals surface area contributed by atoms with Crippen LogP contribution in [0.25, 0.3) is 5.57 Å². The Hall–Kier alpha value is -2.04. The van der Waals surface area contributed by atoms with Crippen molar-refractivity contribution < 1.29 is 9.66 Å². The van der Waals surface area contributed by atoms with E-state index in [-0.39, 0.29) is 16.1 Å². The van der Waals surface area contributed by atoms with Crippen LogP contribution in [-0.4, -0.2) is 17.1 Å². The highest BCUT2D eigenvalue weighted by atomic mass is 16.6. The molecule has 0 unspecified atom stereocenters. The van der Waals surface area contributed by atoms with Gasteiger partial charge in [-0.15, -0.1) is 0 Å². The van der Waals surface area contributed by atoms with Crippen molar-refractivity contribution in [3.8, 4) is 5.75 Å². The maximum absolute atomic E-state index is 11.2. The molecule has 1 heterocycles. The summed E-state index contributed by atoms with van der Waals surface area (Å²) in [6.45, 7) is 8.27. The van der Waals surface area contributed by atoms with Crippen LogP contribution in [0.1, 0.15) is 33.3 Å². The Morgan fingerprint density at radius 2 is 2.11 bits per heavy atom. The lowest BCUT2D eigenvalue weighted by Crippen LogP contribution is -2.32.